The molecule has 0 aromatic carbocycles. The molecule has 1 aromatic heterocycles. The van der Waals surface area contributed by atoms with Gasteiger partial charge in [-0.15, -0.1) is 0 Å². The monoisotopic (exact) mass is 208 g/mol. The molecule has 0 aliphatic heterocycles. The van der Waals surface area contributed by atoms with Crippen LogP contribution in [0.3, 0.4) is 0 Å². The Morgan fingerprint density at radius 2 is 2.40 bits per heavy atom. The van der Waals surface area contributed by atoms with E-state index in [0.717, 1.165) is 11.3 Å². The first-order chi connectivity index (χ1) is 7.11. The van der Waals surface area contributed by atoms with Crippen molar-refractivity contribution in [3.05, 3.63) is 29.6 Å². The zero-order valence-corrected chi connectivity index (χ0v) is 8.73. The molecule has 1 rings (SSSR count). The Hall–Kier alpha value is -1.46. The summed E-state index contributed by atoms with van der Waals surface area (Å²) in [6, 6.07) is 3.22. The lowest BCUT2D eigenvalue weighted by Gasteiger charge is -2.09. The van der Waals surface area contributed by atoms with Crippen molar-refractivity contribution in [2.75, 3.05) is 6.54 Å². The van der Waals surface area contributed by atoms with Crippen LogP contribution in [0.25, 0.3) is 0 Å². The molecule has 1 amide bonds. The van der Waals surface area contributed by atoms with Crippen molar-refractivity contribution in [1.29, 1.82) is 0 Å². The maximum Gasteiger partial charge on any atom is 0.235 e. The Bertz CT molecular complexity index is 340. The van der Waals surface area contributed by atoms with Crippen LogP contribution >= 0.6 is 0 Å². The van der Waals surface area contributed by atoms with Crippen LogP contribution in [0.15, 0.2) is 18.3 Å². The van der Waals surface area contributed by atoms with E-state index in [2.05, 4.69) is 10.3 Å². The molecule has 5 nitrogen and oxygen atoms in total. The van der Waals surface area contributed by atoms with E-state index in [0.29, 0.717) is 13.1 Å². The lowest BCUT2D eigenvalue weighted by atomic mass is 10.2. The predicted octanol–water partition coefficient (Wildman–Crippen LogP) is -0.708. The average Bonchev–Trinajstić information content (AvgIpc) is 2.20. The van der Waals surface area contributed by atoms with Crippen molar-refractivity contribution >= 4 is 5.91 Å². The highest BCUT2D eigenvalue weighted by molar-refractivity contribution is 5.79. The zero-order valence-electron chi connectivity index (χ0n) is 8.73. The van der Waals surface area contributed by atoms with Gasteiger partial charge in [0.1, 0.15) is 0 Å². The number of hydrogen-bond donors (Lipinski definition) is 3. The normalized spacial score (nSPS) is 12.4. The van der Waals surface area contributed by atoms with Gasteiger partial charge in [0.2, 0.25) is 5.91 Å². The molecular formula is C10H16N4O. The van der Waals surface area contributed by atoms with Crippen LogP contribution < -0.4 is 16.8 Å². The van der Waals surface area contributed by atoms with Gasteiger partial charge in [-0.2, -0.15) is 0 Å². The number of carbonyl (C=O) groups is 1. The van der Waals surface area contributed by atoms with Crippen LogP contribution in [0.2, 0.25) is 0 Å². The van der Waals surface area contributed by atoms with Gasteiger partial charge in [-0.3, -0.25) is 9.78 Å². The number of aryl methyl sites for hydroxylation is 1. The summed E-state index contributed by atoms with van der Waals surface area (Å²) < 4.78 is 0. The van der Waals surface area contributed by atoms with E-state index >= 15 is 0 Å². The molecular weight excluding hydrogens is 192 g/mol. The molecule has 15 heavy (non-hydrogen) atoms. The molecule has 5 N–H and O–H groups in total. The summed E-state index contributed by atoms with van der Waals surface area (Å²) in [7, 11) is 0. The van der Waals surface area contributed by atoms with Gasteiger partial charge >= 0.3 is 0 Å². The highest BCUT2D eigenvalue weighted by Gasteiger charge is 2.08. The van der Waals surface area contributed by atoms with Crippen LogP contribution in [0.5, 0.6) is 0 Å². The van der Waals surface area contributed by atoms with E-state index in [1.54, 1.807) is 6.20 Å². The van der Waals surface area contributed by atoms with Crippen molar-refractivity contribution in [2.45, 2.75) is 19.5 Å². The van der Waals surface area contributed by atoms with Crippen molar-refractivity contribution in [3.8, 4) is 0 Å². The average molecular weight is 208 g/mol. The Morgan fingerprint density at radius 3 is 3.00 bits per heavy atom. The molecule has 0 aliphatic carbocycles. The number of primary amides is 1. The van der Waals surface area contributed by atoms with Crippen LogP contribution in [0, 0.1) is 6.92 Å². The second-order valence-corrected chi connectivity index (χ2v) is 3.41. The van der Waals surface area contributed by atoms with E-state index in [4.69, 9.17) is 11.5 Å². The lowest BCUT2D eigenvalue weighted by Crippen LogP contribution is -2.44. The maximum absolute atomic E-state index is 10.7. The molecule has 0 fully saturated rings. The summed E-state index contributed by atoms with van der Waals surface area (Å²) >= 11 is 0. The Kier molecular flexibility index (Phi) is 4.20. The molecule has 0 radical (unpaired) electrons. The quantitative estimate of drug-likeness (QED) is 0.596. The van der Waals surface area contributed by atoms with Crippen molar-refractivity contribution < 1.29 is 4.79 Å². The zero-order chi connectivity index (χ0) is 11.3. The number of aromatic nitrogens is 1. The van der Waals surface area contributed by atoms with E-state index < -0.39 is 11.9 Å². The standard InChI is InChI=1S/C10H16N4O/c1-7-3-2-4-14-9(7)6-13-5-8(11)10(12)15/h2-4,8,13H,5-6,11H2,1H3,(H2,12,15). The minimum Gasteiger partial charge on any atom is -0.368 e. The van der Waals surface area contributed by atoms with Crippen molar-refractivity contribution in [2.24, 2.45) is 11.5 Å². The molecule has 0 bridgehead atoms. The van der Waals surface area contributed by atoms with E-state index in [9.17, 15) is 4.79 Å². The maximum atomic E-state index is 10.7. The number of carbonyl (C=O) groups excluding carboxylic acids is 1. The van der Waals surface area contributed by atoms with Gasteiger partial charge in [-0.05, 0) is 18.6 Å². The summed E-state index contributed by atoms with van der Waals surface area (Å²) in [5.74, 6) is -0.500. The van der Waals surface area contributed by atoms with Crippen molar-refractivity contribution in [3.63, 3.8) is 0 Å². The number of hydrogen-bond acceptors (Lipinski definition) is 4. The minimum atomic E-state index is -0.644. The highest BCUT2D eigenvalue weighted by atomic mass is 16.1. The fourth-order valence-corrected chi connectivity index (χ4v) is 1.15. The minimum absolute atomic E-state index is 0.366. The van der Waals surface area contributed by atoms with Gasteiger partial charge < -0.3 is 16.8 Å². The molecule has 1 unspecified atom stereocenters. The SMILES string of the molecule is Cc1cccnc1CNCC(N)C(N)=O. The van der Waals surface area contributed by atoms with Crippen molar-refractivity contribution in [1.82, 2.24) is 10.3 Å². The lowest BCUT2D eigenvalue weighted by molar-refractivity contribution is -0.119. The second kappa shape index (κ2) is 5.43. The second-order valence-electron chi connectivity index (χ2n) is 3.41. The fraction of sp³-hybridized carbons (Fsp3) is 0.400. The van der Waals surface area contributed by atoms with E-state index in [1.165, 1.54) is 0 Å². The summed E-state index contributed by atoms with van der Waals surface area (Å²) in [4.78, 5) is 14.9. The molecule has 0 spiro atoms. The fourth-order valence-electron chi connectivity index (χ4n) is 1.15. The van der Waals surface area contributed by atoms with Gasteiger partial charge in [0.05, 0.1) is 11.7 Å². The first-order valence-electron chi connectivity index (χ1n) is 4.77. The first-order valence-corrected chi connectivity index (χ1v) is 4.77. The topological polar surface area (TPSA) is 94.0 Å². The number of nitrogens with zero attached hydrogens (tertiary/aromatic N) is 1. The van der Waals surface area contributed by atoms with E-state index in [-0.39, 0.29) is 0 Å². The Labute approximate surface area is 88.9 Å². The molecule has 0 aliphatic rings. The third kappa shape index (κ3) is 3.65. The first kappa shape index (κ1) is 11.6. The molecule has 0 saturated heterocycles. The Morgan fingerprint density at radius 1 is 1.67 bits per heavy atom. The summed E-state index contributed by atoms with van der Waals surface area (Å²) in [5.41, 5.74) is 12.5. The predicted molar refractivity (Wildman–Crippen MR) is 57.9 cm³/mol. The Balaban J connectivity index is 2.38. The van der Waals surface area contributed by atoms with Gasteiger partial charge in [0, 0.05) is 19.3 Å². The third-order valence-corrected chi connectivity index (χ3v) is 2.14. The number of pyridine rings is 1. The van der Waals surface area contributed by atoms with Gasteiger partial charge in [0.25, 0.3) is 0 Å². The summed E-state index contributed by atoms with van der Waals surface area (Å²) in [5, 5.41) is 3.04. The van der Waals surface area contributed by atoms with Crippen LogP contribution in [-0.2, 0) is 11.3 Å². The molecule has 1 heterocycles. The number of rotatable bonds is 5. The molecule has 82 valence electrons. The molecule has 0 saturated carbocycles. The van der Waals surface area contributed by atoms with E-state index in [1.807, 2.05) is 19.1 Å². The number of amides is 1. The molecule has 1 atom stereocenters. The van der Waals surface area contributed by atoms with Gasteiger partial charge in [0.15, 0.2) is 0 Å². The largest absolute Gasteiger partial charge is 0.368 e. The summed E-state index contributed by atoms with van der Waals surface area (Å²) in [6.45, 7) is 2.94. The number of nitrogens with one attached hydrogen (secondary N) is 1. The third-order valence-electron chi connectivity index (χ3n) is 2.14. The molecule has 5 heteroatoms. The smallest absolute Gasteiger partial charge is 0.235 e. The van der Waals surface area contributed by atoms with Gasteiger partial charge in [-0.25, -0.2) is 0 Å². The van der Waals surface area contributed by atoms with Gasteiger partial charge in [-0.1, -0.05) is 6.07 Å². The van der Waals surface area contributed by atoms with Crippen LogP contribution in [0.4, 0.5) is 0 Å². The summed E-state index contributed by atoms with van der Waals surface area (Å²) in [6.07, 6.45) is 1.73. The van der Waals surface area contributed by atoms with Crippen LogP contribution in [0.1, 0.15) is 11.3 Å². The molecule has 1 aromatic rings. The van der Waals surface area contributed by atoms with Crippen LogP contribution in [-0.4, -0.2) is 23.5 Å². The highest BCUT2D eigenvalue weighted by Crippen LogP contribution is 2.01. The number of nitrogens with two attached hydrogens (primary N) is 2.